The van der Waals surface area contributed by atoms with Crippen LogP contribution in [0.25, 0.3) is 22.2 Å². The van der Waals surface area contributed by atoms with Crippen molar-refractivity contribution >= 4 is 50.4 Å². The zero-order valence-corrected chi connectivity index (χ0v) is 20.0. The molecule has 4 rings (SSSR count). The van der Waals surface area contributed by atoms with Gasteiger partial charge in [0.15, 0.2) is 0 Å². The van der Waals surface area contributed by atoms with Gasteiger partial charge in [-0.25, -0.2) is 14.6 Å². The third-order valence-electron chi connectivity index (χ3n) is 4.94. The van der Waals surface area contributed by atoms with E-state index in [2.05, 4.69) is 15.9 Å². The largest absolute Gasteiger partial charge is 0.462 e. The van der Waals surface area contributed by atoms with Gasteiger partial charge in [-0.1, -0.05) is 51.8 Å². The minimum absolute atomic E-state index is 0.0141. The Hall–Kier alpha value is -3.22. The van der Waals surface area contributed by atoms with Gasteiger partial charge < -0.3 is 9.47 Å². The Labute approximate surface area is 204 Å². The zero-order chi connectivity index (χ0) is 23.4. The van der Waals surface area contributed by atoms with Crippen LogP contribution in [0.3, 0.4) is 0 Å². The first kappa shape index (κ1) is 23.0. The monoisotopic (exact) mass is 523 g/mol. The first-order valence-corrected chi connectivity index (χ1v) is 11.4. The Kier molecular flexibility index (Phi) is 7.06. The molecule has 0 amide bonds. The molecule has 3 aromatic carbocycles. The maximum atomic E-state index is 13.1. The number of rotatable bonds is 6. The Morgan fingerprint density at radius 2 is 1.73 bits per heavy atom. The molecule has 1 heterocycles. The summed E-state index contributed by atoms with van der Waals surface area (Å²) in [5, 5.41) is 1.29. The zero-order valence-electron chi connectivity index (χ0n) is 17.7. The maximum absolute atomic E-state index is 13.1. The molecule has 0 aliphatic heterocycles. The topological polar surface area (TPSA) is 65.5 Å². The predicted octanol–water partition coefficient (Wildman–Crippen LogP) is 6.85. The average molecular weight is 525 g/mol. The third-order valence-corrected chi connectivity index (χ3v) is 5.68. The van der Waals surface area contributed by atoms with E-state index < -0.39 is 11.9 Å². The van der Waals surface area contributed by atoms with Crippen molar-refractivity contribution in [1.82, 2.24) is 4.98 Å². The fourth-order valence-electron chi connectivity index (χ4n) is 3.36. The highest BCUT2D eigenvalue weighted by Crippen LogP contribution is 2.28. The van der Waals surface area contributed by atoms with Gasteiger partial charge in [-0.05, 0) is 61.0 Å². The quantitative estimate of drug-likeness (QED) is 0.258. The minimum atomic E-state index is -0.489. The van der Waals surface area contributed by atoms with Crippen molar-refractivity contribution in [2.45, 2.75) is 13.5 Å². The van der Waals surface area contributed by atoms with E-state index in [1.54, 1.807) is 49.4 Å². The lowest BCUT2D eigenvalue weighted by Crippen LogP contribution is -2.08. The summed E-state index contributed by atoms with van der Waals surface area (Å²) in [4.78, 5) is 29.8. The molecule has 0 bridgehead atoms. The van der Waals surface area contributed by atoms with Crippen molar-refractivity contribution in [3.8, 4) is 11.3 Å². The summed E-state index contributed by atoms with van der Waals surface area (Å²) in [6.07, 6.45) is 0. The summed E-state index contributed by atoms with van der Waals surface area (Å²) in [6.45, 7) is 2.05. The molecule has 4 aromatic rings. The summed E-state index contributed by atoms with van der Waals surface area (Å²) in [6, 6.07) is 21.4. The SMILES string of the molecule is CCOC(=O)c1cccc(COC(=O)c2cc(-c3ccc(Cl)cc3)nc3ccc(Br)cc23)c1. The standard InChI is InChI=1S/C26H19BrClNO4/c1-2-32-25(30)18-5-3-4-16(12-18)15-33-26(31)22-14-24(17-6-9-20(28)10-7-17)29-23-11-8-19(27)13-21(22)23/h3-14H,2,15H2,1H3. The summed E-state index contributed by atoms with van der Waals surface area (Å²) in [5.74, 6) is -0.902. The van der Waals surface area contributed by atoms with E-state index in [4.69, 9.17) is 26.1 Å². The molecular formula is C26H19BrClNO4. The molecule has 0 fully saturated rings. The van der Waals surface area contributed by atoms with Crippen molar-refractivity contribution in [2.75, 3.05) is 6.61 Å². The van der Waals surface area contributed by atoms with Gasteiger partial charge in [0.1, 0.15) is 6.61 Å². The second kappa shape index (κ2) is 10.1. The van der Waals surface area contributed by atoms with Gasteiger partial charge >= 0.3 is 11.9 Å². The Balaban J connectivity index is 1.64. The summed E-state index contributed by atoms with van der Waals surface area (Å²) in [7, 11) is 0. The number of benzene rings is 3. The fourth-order valence-corrected chi connectivity index (χ4v) is 3.85. The normalized spacial score (nSPS) is 10.8. The number of ether oxygens (including phenoxy) is 2. The van der Waals surface area contributed by atoms with Crippen LogP contribution in [0.15, 0.2) is 77.3 Å². The van der Waals surface area contributed by atoms with E-state index in [9.17, 15) is 9.59 Å². The number of aromatic nitrogens is 1. The van der Waals surface area contributed by atoms with Crippen molar-refractivity contribution in [1.29, 1.82) is 0 Å². The number of nitrogens with zero attached hydrogens (tertiary/aromatic N) is 1. The molecule has 0 saturated carbocycles. The van der Waals surface area contributed by atoms with Gasteiger partial charge in [0.05, 0.1) is 28.9 Å². The van der Waals surface area contributed by atoms with E-state index >= 15 is 0 Å². The number of fused-ring (bicyclic) bond motifs is 1. The number of carbonyl (C=O) groups excluding carboxylic acids is 2. The van der Waals surface area contributed by atoms with Crippen LogP contribution in [-0.4, -0.2) is 23.5 Å². The van der Waals surface area contributed by atoms with Crippen molar-refractivity contribution in [2.24, 2.45) is 0 Å². The molecular weight excluding hydrogens is 506 g/mol. The Bertz CT molecular complexity index is 1340. The van der Waals surface area contributed by atoms with E-state index in [0.717, 1.165) is 10.0 Å². The van der Waals surface area contributed by atoms with Crippen LogP contribution in [0.1, 0.15) is 33.2 Å². The number of pyridine rings is 1. The van der Waals surface area contributed by atoms with Gasteiger partial charge in [-0.15, -0.1) is 0 Å². The van der Waals surface area contributed by atoms with Gasteiger partial charge in [-0.3, -0.25) is 0 Å². The van der Waals surface area contributed by atoms with E-state index in [-0.39, 0.29) is 6.61 Å². The number of carbonyl (C=O) groups is 2. The highest BCUT2D eigenvalue weighted by molar-refractivity contribution is 9.10. The van der Waals surface area contributed by atoms with Crippen LogP contribution in [0.4, 0.5) is 0 Å². The van der Waals surface area contributed by atoms with Gasteiger partial charge in [0.25, 0.3) is 0 Å². The molecule has 0 N–H and O–H groups in total. The third kappa shape index (κ3) is 5.41. The van der Waals surface area contributed by atoms with Crippen molar-refractivity contribution in [3.05, 3.63) is 99.0 Å². The molecule has 0 aliphatic carbocycles. The molecule has 0 radical (unpaired) electrons. The molecule has 0 unspecified atom stereocenters. The van der Waals surface area contributed by atoms with E-state index in [1.807, 2.05) is 30.3 Å². The Morgan fingerprint density at radius 1 is 0.939 bits per heavy atom. The van der Waals surface area contributed by atoms with Crippen LogP contribution in [0, 0.1) is 0 Å². The molecule has 1 aromatic heterocycles. The maximum Gasteiger partial charge on any atom is 0.339 e. The first-order valence-electron chi connectivity index (χ1n) is 10.2. The molecule has 166 valence electrons. The lowest BCUT2D eigenvalue weighted by molar-refractivity contribution is 0.0475. The predicted molar refractivity (Wildman–Crippen MR) is 131 cm³/mol. The Morgan fingerprint density at radius 3 is 2.48 bits per heavy atom. The van der Waals surface area contributed by atoms with Gasteiger partial charge in [0.2, 0.25) is 0 Å². The summed E-state index contributed by atoms with van der Waals surface area (Å²) >= 11 is 9.47. The molecule has 0 atom stereocenters. The van der Waals surface area contributed by atoms with Crippen LogP contribution >= 0.6 is 27.5 Å². The molecule has 0 spiro atoms. The molecule has 5 nitrogen and oxygen atoms in total. The molecule has 33 heavy (non-hydrogen) atoms. The molecule has 0 saturated heterocycles. The molecule has 7 heteroatoms. The number of halogens is 2. The van der Waals surface area contributed by atoms with Gasteiger partial charge in [-0.2, -0.15) is 0 Å². The molecule has 0 aliphatic rings. The van der Waals surface area contributed by atoms with E-state index in [0.29, 0.717) is 44.9 Å². The van der Waals surface area contributed by atoms with Crippen molar-refractivity contribution < 1.29 is 19.1 Å². The van der Waals surface area contributed by atoms with Crippen molar-refractivity contribution in [3.63, 3.8) is 0 Å². The van der Waals surface area contributed by atoms with Crippen LogP contribution in [-0.2, 0) is 16.1 Å². The number of hydrogen-bond donors (Lipinski definition) is 0. The van der Waals surface area contributed by atoms with Crippen LogP contribution in [0.5, 0.6) is 0 Å². The lowest BCUT2D eigenvalue weighted by Gasteiger charge is -2.11. The summed E-state index contributed by atoms with van der Waals surface area (Å²) in [5.41, 5.74) is 3.63. The van der Waals surface area contributed by atoms with Gasteiger partial charge in [0, 0.05) is 20.4 Å². The summed E-state index contributed by atoms with van der Waals surface area (Å²) < 4.78 is 11.5. The van der Waals surface area contributed by atoms with Crippen LogP contribution in [0.2, 0.25) is 5.02 Å². The smallest absolute Gasteiger partial charge is 0.339 e. The second-order valence-electron chi connectivity index (χ2n) is 7.22. The fraction of sp³-hybridized carbons (Fsp3) is 0.115. The lowest BCUT2D eigenvalue weighted by atomic mass is 10.0. The first-order chi connectivity index (χ1) is 15.9. The highest BCUT2D eigenvalue weighted by atomic mass is 79.9. The van der Waals surface area contributed by atoms with Crippen LogP contribution < -0.4 is 0 Å². The number of esters is 2. The van der Waals surface area contributed by atoms with E-state index in [1.165, 1.54) is 0 Å². The number of hydrogen-bond acceptors (Lipinski definition) is 5. The highest BCUT2D eigenvalue weighted by Gasteiger charge is 2.17. The average Bonchev–Trinajstić information content (AvgIpc) is 2.82. The second-order valence-corrected chi connectivity index (χ2v) is 8.57. The minimum Gasteiger partial charge on any atom is -0.462 e.